The third-order valence-electron chi connectivity index (χ3n) is 3.33. The maximum absolute atomic E-state index is 12.8. The second-order valence-corrected chi connectivity index (χ2v) is 5.81. The zero-order chi connectivity index (χ0) is 17.4. The van der Waals surface area contributed by atoms with Gasteiger partial charge in [-0.2, -0.15) is 5.10 Å². The van der Waals surface area contributed by atoms with Crippen molar-refractivity contribution in [2.24, 2.45) is 11.0 Å². The van der Waals surface area contributed by atoms with E-state index in [1.807, 2.05) is 0 Å². The van der Waals surface area contributed by atoms with E-state index in [9.17, 15) is 9.18 Å². The van der Waals surface area contributed by atoms with Gasteiger partial charge in [0.2, 0.25) is 0 Å². The van der Waals surface area contributed by atoms with Gasteiger partial charge in [-0.3, -0.25) is 4.79 Å². The summed E-state index contributed by atoms with van der Waals surface area (Å²) in [5.41, 5.74) is 3.62. The molecular weight excluding hydrogens is 307 g/mol. The zero-order valence-corrected chi connectivity index (χ0v) is 13.8. The number of ether oxygens (including phenoxy) is 1. The molecule has 0 aliphatic carbocycles. The Balaban J connectivity index is 1.84. The van der Waals surface area contributed by atoms with Crippen molar-refractivity contribution in [3.05, 3.63) is 65.5 Å². The van der Waals surface area contributed by atoms with Crippen molar-refractivity contribution in [3.63, 3.8) is 0 Å². The lowest BCUT2D eigenvalue weighted by molar-refractivity contribution is 0.0955. The first-order valence-electron chi connectivity index (χ1n) is 7.86. The number of hydrogen-bond acceptors (Lipinski definition) is 3. The van der Waals surface area contributed by atoms with Crippen LogP contribution in [0.25, 0.3) is 0 Å². The summed E-state index contributed by atoms with van der Waals surface area (Å²) in [5.74, 6) is 0.699. The number of nitrogens with zero attached hydrogens (tertiary/aromatic N) is 1. The average molecular weight is 328 g/mol. The SMILES string of the molecule is CC(C)CCOc1ccc(C(=O)N/N=C/c2ccc(F)cc2)cc1. The Morgan fingerprint density at radius 2 is 1.83 bits per heavy atom. The minimum atomic E-state index is -0.318. The Bertz CT molecular complexity index is 680. The number of carbonyl (C=O) groups excluding carboxylic acids is 1. The molecule has 1 amide bonds. The van der Waals surface area contributed by atoms with Crippen molar-refractivity contribution in [3.8, 4) is 5.75 Å². The van der Waals surface area contributed by atoms with Gasteiger partial charge < -0.3 is 4.74 Å². The first kappa shape index (κ1) is 17.7. The van der Waals surface area contributed by atoms with Gasteiger partial charge in [0.25, 0.3) is 5.91 Å². The maximum Gasteiger partial charge on any atom is 0.271 e. The van der Waals surface area contributed by atoms with E-state index in [0.717, 1.165) is 12.2 Å². The van der Waals surface area contributed by atoms with Crippen LogP contribution in [0.2, 0.25) is 0 Å². The Morgan fingerprint density at radius 1 is 1.17 bits per heavy atom. The number of hydrogen-bond donors (Lipinski definition) is 1. The quantitative estimate of drug-likeness (QED) is 0.616. The van der Waals surface area contributed by atoms with E-state index in [0.29, 0.717) is 23.7 Å². The van der Waals surface area contributed by atoms with E-state index < -0.39 is 0 Å². The lowest BCUT2D eigenvalue weighted by Gasteiger charge is -2.08. The normalized spacial score (nSPS) is 11.0. The van der Waals surface area contributed by atoms with Crippen LogP contribution in [0.15, 0.2) is 53.6 Å². The molecule has 24 heavy (non-hydrogen) atoms. The van der Waals surface area contributed by atoms with Gasteiger partial charge in [-0.05, 0) is 54.3 Å². The van der Waals surface area contributed by atoms with Crippen LogP contribution >= 0.6 is 0 Å². The van der Waals surface area contributed by atoms with Gasteiger partial charge in [0.1, 0.15) is 11.6 Å². The molecule has 4 nitrogen and oxygen atoms in total. The number of rotatable bonds is 7. The summed E-state index contributed by atoms with van der Waals surface area (Å²) in [6, 6.07) is 12.7. The van der Waals surface area contributed by atoms with Crippen molar-refractivity contribution < 1.29 is 13.9 Å². The Labute approximate surface area is 141 Å². The standard InChI is InChI=1S/C19H21FN2O2/c1-14(2)11-12-24-18-9-5-16(6-10-18)19(23)22-21-13-15-3-7-17(20)8-4-15/h3-10,13-14H,11-12H2,1-2H3,(H,22,23)/b21-13+. The molecule has 1 N–H and O–H groups in total. The fraction of sp³-hybridized carbons (Fsp3) is 0.263. The van der Waals surface area contributed by atoms with E-state index in [2.05, 4.69) is 24.4 Å². The Morgan fingerprint density at radius 3 is 2.46 bits per heavy atom. The first-order chi connectivity index (χ1) is 11.5. The molecule has 0 aliphatic rings. The molecule has 0 bridgehead atoms. The minimum Gasteiger partial charge on any atom is -0.494 e. The summed E-state index contributed by atoms with van der Waals surface area (Å²) in [7, 11) is 0. The number of amides is 1. The summed E-state index contributed by atoms with van der Waals surface area (Å²) in [6.07, 6.45) is 2.45. The van der Waals surface area contributed by atoms with Crippen molar-refractivity contribution in [1.82, 2.24) is 5.43 Å². The predicted molar refractivity (Wildman–Crippen MR) is 92.9 cm³/mol. The summed E-state index contributed by atoms with van der Waals surface area (Å²) in [6.45, 7) is 4.94. The van der Waals surface area contributed by atoms with E-state index in [1.54, 1.807) is 36.4 Å². The molecule has 0 saturated heterocycles. The summed E-state index contributed by atoms with van der Waals surface area (Å²) in [4.78, 5) is 12.0. The highest BCUT2D eigenvalue weighted by Gasteiger charge is 2.04. The van der Waals surface area contributed by atoms with Crippen LogP contribution in [0.3, 0.4) is 0 Å². The second kappa shape index (κ2) is 8.82. The van der Waals surface area contributed by atoms with Crippen molar-refractivity contribution in [2.75, 3.05) is 6.61 Å². The fourth-order valence-corrected chi connectivity index (χ4v) is 1.89. The molecule has 0 aromatic heterocycles. The van der Waals surface area contributed by atoms with E-state index >= 15 is 0 Å². The van der Waals surface area contributed by atoms with Crippen LogP contribution in [-0.2, 0) is 0 Å². The summed E-state index contributed by atoms with van der Waals surface area (Å²) >= 11 is 0. The molecule has 5 heteroatoms. The van der Waals surface area contributed by atoms with Crippen LogP contribution in [0.1, 0.15) is 36.2 Å². The van der Waals surface area contributed by atoms with Crippen LogP contribution < -0.4 is 10.2 Å². The molecule has 0 heterocycles. The fourth-order valence-electron chi connectivity index (χ4n) is 1.89. The monoisotopic (exact) mass is 328 g/mol. The van der Waals surface area contributed by atoms with Crippen LogP contribution in [-0.4, -0.2) is 18.7 Å². The molecule has 0 radical (unpaired) electrons. The minimum absolute atomic E-state index is 0.313. The molecule has 0 atom stereocenters. The Hall–Kier alpha value is -2.69. The van der Waals surface area contributed by atoms with Gasteiger partial charge in [-0.15, -0.1) is 0 Å². The molecule has 2 aromatic carbocycles. The Kier molecular flexibility index (Phi) is 6.49. The number of hydrazone groups is 1. The highest BCUT2D eigenvalue weighted by molar-refractivity contribution is 5.94. The zero-order valence-electron chi connectivity index (χ0n) is 13.8. The van der Waals surface area contributed by atoms with Gasteiger partial charge in [0.05, 0.1) is 12.8 Å². The molecule has 0 aliphatic heterocycles. The van der Waals surface area contributed by atoms with Crippen LogP contribution in [0.4, 0.5) is 4.39 Å². The number of nitrogens with one attached hydrogen (secondary N) is 1. The molecule has 0 fully saturated rings. The third-order valence-corrected chi connectivity index (χ3v) is 3.33. The molecule has 2 aromatic rings. The number of carbonyl (C=O) groups is 1. The molecule has 0 spiro atoms. The smallest absolute Gasteiger partial charge is 0.271 e. The summed E-state index contributed by atoms with van der Waals surface area (Å²) in [5, 5.41) is 3.86. The van der Waals surface area contributed by atoms with Crippen LogP contribution in [0, 0.1) is 11.7 Å². The highest BCUT2D eigenvalue weighted by Crippen LogP contribution is 2.13. The highest BCUT2D eigenvalue weighted by atomic mass is 19.1. The molecular formula is C19H21FN2O2. The maximum atomic E-state index is 12.8. The number of halogens is 1. The van der Waals surface area contributed by atoms with Crippen molar-refractivity contribution >= 4 is 12.1 Å². The summed E-state index contributed by atoms with van der Waals surface area (Å²) < 4.78 is 18.4. The lowest BCUT2D eigenvalue weighted by atomic mass is 10.1. The topological polar surface area (TPSA) is 50.7 Å². The van der Waals surface area contributed by atoms with E-state index in [4.69, 9.17) is 4.74 Å². The third kappa shape index (κ3) is 5.83. The lowest BCUT2D eigenvalue weighted by Crippen LogP contribution is -2.17. The van der Waals surface area contributed by atoms with E-state index in [-0.39, 0.29) is 11.7 Å². The van der Waals surface area contributed by atoms with Crippen molar-refractivity contribution in [1.29, 1.82) is 0 Å². The predicted octanol–water partition coefficient (Wildman–Crippen LogP) is 4.01. The second-order valence-electron chi connectivity index (χ2n) is 5.81. The van der Waals surface area contributed by atoms with Gasteiger partial charge in [0.15, 0.2) is 0 Å². The average Bonchev–Trinajstić information content (AvgIpc) is 2.57. The van der Waals surface area contributed by atoms with Gasteiger partial charge in [0, 0.05) is 5.56 Å². The van der Waals surface area contributed by atoms with Crippen LogP contribution in [0.5, 0.6) is 5.75 Å². The van der Waals surface area contributed by atoms with Gasteiger partial charge in [-0.1, -0.05) is 26.0 Å². The molecule has 0 unspecified atom stereocenters. The van der Waals surface area contributed by atoms with Gasteiger partial charge in [-0.25, -0.2) is 9.82 Å². The first-order valence-corrected chi connectivity index (χ1v) is 7.86. The largest absolute Gasteiger partial charge is 0.494 e. The molecule has 126 valence electrons. The molecule has 0 saturated carbocycles. The van der Waals surface area contributed by atoms with Gasteiger partial charge >= 0.3 is 0 Å². The number of benzene rings is 2. The molecule has 2 rings (SSSR count). The van der Waals surface area contributed by atoms with Crippen molar-refractivity contribution in [2.45, 2.75) is 20.3 Å². The van der Waals surface area contributed by atoms with E-state index in [1.165, 1.54) is 18.3 Å².